The SMILES string of the molecule is CC1(C)CC1(CN)c1cccc(C2CC2)c1. The molecule has 0 aliphatic heterocycles. The predicted octanol–water partition coefficient (Wildman–Crippen LogP) is 3.19. The minimum atomic E-state index is 0.262. The third-order valence-electron chi connectivity index (χ3n) is 4.75. The van der Waals surface area contributed by atoms with E-state index >= 15 is 0 Å². The Morgan fingerprint density at radius 3 is 2.50 bits per heavy atom. The topological polar surface area (TPSA) is 26.0 Å². The van der Waals surface area contributed by atoms with E-state index in [1.165, 1.54) is 30.4 Å². The molecule has 0 heterocycles. The van der Waals surface area contributed by atoms with Crippen LogP contribution in [0.25, 0.3) is 0 Å². The fourth-order valence-electron chi connectivity index (χ4n) is 3.18. The molecule has 0 spiro atoms. The number of hydrogen-bond donors (Lipinski definition) is 1. The van der Waals surface area contributed by atoms with Crippen LogP contribution in [0.4, 0.5) is 0 Å². The molecule has 3 rings (SSSR count). The van der Waals surface area contributed by atoms with E-state index in [-0.39, 0.29) is 5.41 Å². The van der Waals surface area contributed by atoms with Gasteiger partial charge in [-0.3, -0.25) is 0 Å². The summed E-state index contributed by atoms with van der Waals surface area (Å²) in [4.78, 5) is 0. The van der Waals surface area contributed by atoms with Crippen molar-refractivity contribution in [2.45, 2.75) is 44.4 Å². The minimum absolute atomic E-state index is 0.262. The van der Waals surface area contributed by atoms with E-state index in [0.29, 0.717) is 5.41 Å². The summed E-state index contributed by atoms with van der Waals surface area (Å²) >= 11 is 0. The van der Waals surface area contributed by atoms with E-state index in [9.17, 15) is 0 Å². The molecule has 0 aromatic heterocycles. The van der Waals surface area contributed by atoms with Crippen LogP contribution in [-0.2, 0) is 5.41 Å². The van der Waals surface area contributed by atoms with E-state index in [0.717, 1.165) is 12.5 Å². The van der Waals surface area contributed by atoms with Gasteiger partial charge in [0.2, 0.25) is 0 Å². The summed E-state index contributed by atoms with van der Waals surface area (Å²) in [6, 6.07) is 9.18. The lowest BCUT2D eigenvalue weighted by molar-refractivity contribution is 0.502. The van der Waals surface area contributed by atoms with Gasteiger partial charge in [0, 0.05) is 12.0 Å². The van der Waals surface area contributed by atoms with Gasteiger partial charge in [0.1, 0.15) is 0 Å². The Morgan fingerprint density at radius 1 is 1.31 bits per heavy atom. The first kappa shape index (κ1) is 10.3. The second-order valence-corrected chi connectivity index (χ2v) is 6.25. The highest BCUT2D eigenvalue weighted by atomic mass is 14.7. The van der Waals surface area contributed by atoms with Crippen LogP contribution in [0, 0.1) is 5.41 Å². The number of benzene rings is 1. The maximum absolute atomic E-state index is 6.02. The molecule has 1 aromatic carbocycles. The van der Waals surface area contributed by atoms with Gasteiger partial charge >= 0.3 is 0 Å². The Kier molecular flexibility index (Phi) is 2.00. The van der Waals surface area contributed by atoms with Crippen LogP contribution in [0.1, 0.15) is 50.2 Å². The fourth-order valence-corrected chi connectivity index (χ4v) is 3.18. The molecule has 2 aliphatic carbocycles. The number of nitrogens with two attached hydrogens (primary N) is 1. The Bertz CT molecular complexity index is 417. The average Bonchev–Trinajstić information content (AvgIpc) is 3.14. The molecule has 16 heavy (non-hydrogen) atoms. The Balaban J connectivity index is 1.97. The zero-order chi connectivity index (χ0) is 11.4. The lowest BCUT2D eigenvalue weighted by Gasteiger charge is -2.19. The van der Waals surface area contributed by atoms with Gasteiger partial charge in [-0.25, -0.2) is 0 Å². The highest BCUT2D eigenvalue weighted by Crippen LogP contribution is 2.63. The largest absolute Gasteiger partial charge is 0.330 e. The van der Waals surface area contributed by atoms with Gasteiger partial charge in [-0.15, -0.1) is 0 Å². The molecule has 0 saturated heterocycles. The molecule has 2 aliphatic rings. The second kappa shape index (κ2) is 3.10. The normalized spacial score (nSPS) is 31.4. The minimum Gasteiger partial charge on any atom is -0.330 e. The van der Waals surface area contributed by atoms with Gasteiger partial charge in [-0.05, 0) is 41.7 Å². The molecule has 1 unspecified atom stereocenters. The summed E-state index contributed by atoms with van der Waals surface area (Å²) in [7, 11) is 0. The molecule has 1 heteroatoms. The smallest absolute Gasteiger partial charge is 0.0132 e. The van der Waals surface area contributed by atoms with Gasteiger partial charge in [-0.1, -0.05) is 38.1 Å². The van der Waals surface area contributed by atoms with Crippen LogP contribution >= 0.6 is 0 Å². The monoisotopic (exact) mass is 215 g/mol. The van der Waals surface area contributed by atoms with E-state index < -0.39 is 0 Å². The van der Waals surface area contributed by atoms with Crippen LogP contribution < -0.4 is 5.73 Å². The van der Waals surface area contributed by atoms with Crippen LogP contribution in [0.2, 0.25) is 0 Å². The standard InChI is InChI=1S/C15H21N/c1-14(2)9-15(14,10-16)13-5-3-4-12(8-13)11-6-7-11/h3-5,8,11H,6-7,9-10,16H2,1-2H3. The van der Waals surface area contributed by atoms with Crippen molar-refractivity contribution >= 4 is 0 Å². The third kappa shape index (κ3) is 1.34. The first-order chi connectivity index (χ1) is 7.59. The molecule has 0 bridgehead atoms. The molecule has 1 atom stereocenters. The fraction of sp³-hybridized carbons (Fsp3) is 0.600. The van der Waals surface area contributed by atoms with Crippen LogP contribution in [-0.4, -0.2) is 6.54 Å². The first-order valence-corrected chi connectivity index (χ1v) is 6.40. The molecule has 0 amide bonds. The quantitative estimate of drug-likeness (QED) is 0.823. The van der Waals surface area contributed by atoms with Gasteiger partial charge in [-0.2, -0.15) is 0 Å². The third-order valence-corrected chi connectivity index (χ3v) is 4.75. The van der Waals surface area contributed by atoms with Crippen molar-refractivity contribution in [3.63, 3.8) is 0 Å². The van der Waals surface area contributed by atoms with Gasteiger partial charge < -0.3 is 5.73 Å². The second-order valence-electron chi connectivity index (χ2n) is 6.25. The van der Waals surface area contributed by atoms with E-state index in [1.54, 1.807) is 0 Å². The van der Waals surface area contributed by atoms with Gasteiger partial charge in [0.25, 0.3) is 0 Å². The Morgan fingerprint density at radius 2 is 2.00 bits per heavy atom. The zero-order valence-electron chi connectivity index (χ0n) is 10.3. The van der Waals surface area contributed by atoms with E-state index in [2.05, 4.69) is 38.1 Å². The first-order valence-electron chi connectivity index (χ1n) is 6.40. The summed E-state index contributed by atoms with van der Waals surface area (Å²) in [5.41, 5.74) is 9.68. The molecule has 1 aromatic rings. The molecular formula is C15H21N. The molecule has 2 fully saturated rings. The molecule has 86 valence electrons. The average molecular weight is 215 g/mol. The van der Waals surface area contributed by atoms with Crippen molar-refractivity contribution in [1.82, 2.24) is 0 Å². The molecule has 1 nitrogen and oxygen atoms in total. The summed E-state index contributed by atoms with van der Waals surface area (Å²) < 4.78 is 0. The lowest BCUT2D eigenvalue weighted by Crippen LogP contribution is -2.25. The predicted molar refractivity (Wildman–Crippen MR) is 67.5 cm³/mol. The Labute approximate surface area is 98.0 Å². The van der Waals surface area contributed by atoms with E-state index in [1.807, 2.05) is 0 Å². The van der Waals surface area contributed by atoms with Crippen LogP contribution in [0.15, 0.2) is 24.3 Å². The molecular weight excluding hydrogens is 194 g/mol. The van der Waals surface area contributed by atoms with Crippen molar-refractivity contribution in [2.24, 2.45) is 11.1 Å². The van der Waals surface area contributed by atoms with Crippen LogP contribution in [0.5, 0.6) is 0 Å². The number of hydrogen-bond acceptors (Lipinski definition) is 1. The van der Waals surface area contributed by atoms with Crippen molar-refractivity contribution < 1.29 is 0 Å². The highest BCUT2D eigenvalue weighted by molar-refractivity contribution is 5.41. The van der Waals surface area contributed by atoms with Crippen molar-refractivity contribution in [1.29, 1.82) is 0 Å². The molecule has 2 saturated carbocycles. The lowest BCUT2D eigenvalue weighted by atomic mass is 9.87. The highest BCUT2D eigenvalue weighted by Gasteiger charge is 2.60. The Hall–Kier alpha value is -0.820. The van der Waals surface area contributed by atoms with E-state index in [4.69, 9.17) is 5.73 Å². The molecule has 0 radical (unpaired) electrons. The maximum atomic E-state index is 6.02. The molecule has 2 N–H and O–H groups in total. The van der Waals surface area contributed by atoms with Crippen molar-refractivity contribution in [3.05, 3.63) is 35.4 Å². The van der Waals surface area contributed by atoms with Crippen molar-refractivity contribution in [2.75, 3.05) is 6.54 Å². The van der Waals surface area contributed by atoms with Gasteiger partial charge in [0.05, 0.1) is 0 Å². The van der Waals surface area contributed by atoms with Gasteiger partial charge in [0.15, 0.2) is 0 Å². The summed E-state index contributed by atoms with van der Waals surface area (Å²) in [6.07, 6.45) is 4.00. The van der Waals surface area contributed by atoms with Crippen molar-refractivity contribution in [3.8, 4) is 0 Å². The summed E-state index contributed by atoms with van der Waals surface area (Å²) in [5.74, 6) is 0.844. The van der Waals surface area contributed by atoms with Crippen LogP contribution in [0.3, 0.4) is 0 Å². The summed E-state index contributed by atoms with van der Waals surface area (Å²) in [5, 5.41) is 0. The maximum Gasteiger partial charge on any atom is 0.0132 e. The number of rotatable bonds is 3. The zero-order valence-corrected chi connectivity index (χ0v) is 10.3. The summed E-state index contributed by atoms with van der Waals surface area (Å²) in [6.45, 7) is 5.46.